The van der Waals surface area contributed by atoms with Crippen LogP contribution in [0.15, 0.2) is 36.4 Å². The molecule has 0 radical (unpaired) electrons. The molecule has 1 aromatic heterocycles. The van der Waals surface area contributed by atoms with Gasteiger partial charge >= 0.3 is 0 Å². The van der Waals surface area contributed by atoms with Crippen molar-refractivity contribution in [3.8, 4) is 0 Å². The number of hydrogen-bond donors (Lipinski definition) is 1. The van der Waals surface area contributed by atoms with Crippen molar-refractivity contribution in [2.45, 2.75) is 45.6 Å². The van der Waals surface area contributed by atoms with E-state index in [1.54, 1.807) is 0 Å². The number of aryl methyl sites for hydroxylation is 1. The van der Waals surface area contributed by atoms with Gasteiger partial charge in [-0.15, -0.1) is 11.3 Å². The van der Waals surface area contributed by atoms with E-state index in [-0.39, 0.29) is 30.4 Å². The Hall–Kier alpha value is -2.47. The summed E-state index contributed by atoms with van der Waals surface area (Å²) in [6.07, 6.45) is 3.74. The highest BCUT2D eigenvalue weighted by Crippen LogP contribution is 2.17. The van der Waals surface area contributed by atoms with E-state index in [1.165, 1.54) is 17.8 Å². The molecule has 1 saturated heterocycles. The van der Waals surface area contributed by atoms with Gasteiger partial charge in [0.1, 0.15) is 0 Å². The van der Waals surface area contributed by atoms with E-state index in [1.807, 2.05) is 48.2 Å². The molecule has 2 aromatic rings. The molecule has 0 aliphatic carbocycles. The standard InChI is InChI=1S/C22H26N2O3S/c1-16-5-11-20(28-16)19(25)10-12-21(26)23-15-17-6-8-18(9-7-17)22(27)24-13-3-2-4-14-24/h5-9,11H,2-4,10,12-15H2,1H3,(H,23,26). The molecule has 1 N–H and O–H groups in total. The fourth-order valence-corrected chi connectivity index (χ4v) is 4.10. The Morgan fingerprint density at radius 3 is 2.32 bits per heavy atom. The first-order valence-corrected chi connectivity index (χ1v) is 10.6. The Morgan fingerprint density at radius 1 is 0.964 bits per heavy atom. The summed E-state index contributed by atoms with van der Waals surface area (Å²) < 4.78 is 0. The second kappa shape index (κ2) is 9.64. The smallest absolute Gasteiger partial charge is 0.253 e. The number of carbonyl (C=O) groups is 3. The topological polar surface area (TPSA) is 66.5 Å². The average molecular weight is 399 g/mol. The van der Waals surface area contributed by atoms with Crippen LogP contribution in [-0.2, 0) is 11.3 Å². The number of ketones is 1. The maximum Gasteiger partial charge on any atom is 0.253 e. The number of nitrogens with one attached hydrogen (secondary N) is 1. The Kier molecular flexibility index (Phi) is 6.98. The highest BCUT2D eigenvalue weighted by molar-refractivity contribution is 7.14. The Labute approximate surface area is 169 Å². The molecule has 5 nitrogen and oxygen atoms in total. The molecule has 1 aromatic carbocycles. The number of hydrogen-bond acceptors (Lipinski definition) is 4. The Bertz CT molecular complexity index is 836. The van der Waals surface area contributed by atoms with E-state index >= 15 is 0 Å². The van der Waals surface area contributed by atoms with Gasteiger partial charge in [-0.1, -0.05) is 12.1 Å². The summed E-state index contributed by atoms with van der Waals surface area (Å²) in [5.41, 5.74) is 1.62. The second-order valence-electron chi connectivity index (χ2n) is 7.16. The zero-order chi connectivity index (χ0) is 19.9. The third kappa shape index (κ3) is 5.52. The van der Waals surface area contributed by atoms with E-state index in [9.17, 15) is 14.4 Å². The third-order valence-corrected chi connectivity index (χ3v) is 5.97. The van der Waals surface area contributed by atoms with Gasteiger partial charge in [-0.3, -0.25) is 14.4 Å². The van der Waals surface area contributed by atoms with Crippen LogP contribution in [0.5, 0.6) is 0 Å². The molecule has 0 unspecified atom stereocenters. The van der Waals surface area contributed by atoms with Crippen LogP contribution >= 0.6 is 11.3 Å². The monoisotopic (exact) mass is 398 g/mol. The van der Waals surface area contributed by atoms with E-state index in [2.05, 4.69) is 5.32 Å². The maximum atomic E-state index is 12.5. The predicted octanol–water partition coefficient (Wildman–Crippen LogP) is 3.96. The van der Waals surface area contributed by atoms with E-state index in [0.29, 0.717) is 17.0 Å². The molecule has 148 valence electrons. The number of likely N-dealkylation sites (tertiary alicyclic amines) is 1. The van der Waals surface area contributed by atoms with E-state index in [4.69, 9.17) is 0 Å². The molecule has 3 rings (SSSR count). The zero-order valence-corrected chi connectivity index (χ0v) is 17.0. The van der Waals surface area contributed by atoms with Gasteiger partial charge in [-0.05, 0) is 56.0 Å². The van der Waals surface area contributed by atoms with Crippen molar-refractivity contribution >= 4 is 28.9 Å². The second-order valence-corrected chi connectivity index (χ2v) is 8.45. The molecular formula is C22H26N2O3S. The first-order valence-electron chi connectivity index (χ1n) is 9.77. The molecule has 0 atom stereocenters. The SMILES string of the molecule is Cc1ccc(C(=O)CCC(=O)NCc2ccc(C(=O)N3CCCCC3)cc2)s1. The van der Waals surface area contributed by atoms with Crippen LogP contribution in [0.1, 0.15) is 62.6 Å². The van der Waals surface area contributed by atoms with Crippen molar-refractivity contribution in [3.05, 3.63) is 57.3 Å². The molecule has 1 fully saturated rings. The summed E-state index contributed by atoms with van der Waals surface area (Å²) in [5, 5.41) is 2.84. The van der Waals surface area contributed by atoms with Crippen molar-refractivity contribution in [1.82, 2.24) is 10.2 Å². The van der Waals surface area contributed by atoms with Crippen molar-refractivity contribution in [2.24, 2.45) is 0 Å². The fourth-order valence-electron chi connectivity index (χ4n) is 3.27. The summed E-state index contributed by atoms with van der Waals surface area (Å²) in [6, 6.07) is 11.1. The van der Waals surface area contributed by atoms with Crippen molar-refractivity contribution in [1.29, 1.82) is 0 Å². The number of carbonyl (C=O) groups excluding carboxylic acids is 3. The molecule has 0 bridgehead atoms. The van der Waals surface area contributed by atoms with Crippen LogP contribution in [0.2, 0.25) is 0 Å². The first kappa shape index (κ1) is 20.3. The minimum atomic E-state index is -0.143. The van der Waals surface area contributed by atoms with Gasteiger partial charge in [0.2, 0.25) is 5.91 Å². The average Bonchev–Trinajstić information content (AvgIpc) is 3.17. The van der Waals surface area contributed by atoms with E-state index < -0.39 is 0 Å². The van der Waals surface area contributed by atoms with Gasteiger partial charge in [-0.25, -0.2) is 0 Å². The fraction of sp³-hybridized carbons (Fsp3) is 0.409. The Balaban J connectivity index is 1.43. The maximum absolute atomic E-state index is 12.5. The number of benzene rings is 1. The van der Waals surface area contributed by atoms with Crippen LogP contribution in [0.3, 0.4) is 0 Å². The number of amides is 2. The van der Waals surface area contributed by atoms with Gasteiger partial charge in [-0.2, -0.15) is 0 Å². The predicted molar refractivity (Wildman–Crippen MR) is 111 cm³/mol. The van der Waals surface area contributed by atoms with Crippen LogP contribution < -0.4 is 5.32 Å². The lowest BCUT2D eigenvalue weighted by Gasteiger charge is -2.26. The highest BCUT2D eigenvalue weighted by atomic mass is 32.1. The number of Topliss-reactive ketones (excluding diaryl/α,β-unsaturated/α-hetero) is 1. The number of piperidine rings is 1. The molecule has 6 heteroatoms. The van der Waals surface area contributed by atoms with Crippen molar-refractivity contribution in [3.63, 3.8) is 0 Å². The van der Waals surface area contributed by atoms with Crippen molar-refractivity contribution in [2.75, 3.05) is 13.1 Å². The summed E-state index contributed by atoms with van der Waals surface area (Å²) in [7, 11) is 0. The van der Waals surface area contributed by atoms with Crippen LogP contribution in [-0.4, -0.2) is 35.6 Å². The summed E-state index contributed by atoms with van der Waals surface area (Å²) >= 11 is 1.46. The first-order chi connectivity index (χ1) is 13.5. The summed E-state index contributed by atoms with van der Waals surface area (Å²) in [6.45, 7) is 4.02. The number of nitrogens with zero attached hydrogens (tertiary/aromatic N) is 1. The Morgan fingerprint density at radius 2 is 1.68 bits per heavy atom. The minimum Gasteiger partial charge on any atom is -0.352 e. The molecule has 1 aliphatic heterocycles. The quantitative estimate of drug-likeness (QED) is 0.718. The van der Waals surface area contributed by atoms with Crippen molar-refractivity contribution < 1.29 is 14.4 Å². The lowest BCUT2D eigenvalue weighted by Crippen LogP contribution is -2.35. The minimum absolute atomic E-state index is 0.00817. The van der Waals surface area contributed by atoms with E-state index in [0.717, 1.165) is 36.4 Å². The van der Waals surface area contributed by atoms with Gasteiger partial charge in [0.15, 0.2) is 5.78 Å². The van der Waals surface area contributed by atoms with Gasteiger partial charge in [0, 0.05) is 42.9 Å². The summed E-state index contributed by atoms with van der Waals surface area (Å²) in [5.74, 6) is -0.0541. The van der Waals surface area contributed by atoms with Crippen LogP contribution in [0.25, 0.3) is 0 Å². The summed E-state index contributed by atoms with van der Waals surface area (Å²) in [4.78, 5) is 40.3. The normalized spacial score (nSPS) is 14.0. The molecule has 28 heavy (non-hydrogen) atoms. The number of thiophene rings is 1. The molecular weight excluding hydrogens is 372 g/mol. The van der Waals surface area contributed by atoms with Crippen LogP contribution in [0, 0.1) is 6.92 Å². The lowest BCUT2D eigenvalue weighted by molar-refractivity contribution is -0.121. The zero-order valence-electron chi connectivity index (χ0n) is 16.2. The highest BCUT2D eigenvalue weighted by Gasteiger charge is 2.18. The molecule has 0 spiro atoms. The third-order valence-electron chi connectivity index (χ3n) is 4.93. The molecule has 2 amide bonds. The van der Waals surface area contributed by atoms with Gasteiger partial charge in [0.25, 0.3) is 5.91 Å². The molecule has 0 saturated carbocycles. The van der Waals surface area contributed by atoms with Gasteiger partial charge < -0.3 is 10.2 Å². The van der Waals surface area contributed by atoms with Gasteiger partial charge in [0.05, 0.1) is 4.88 Å². The van der Waals surface area contributed by atoms with Crippen LogP contribution in [0.4, 0.5) is 0 Å². The largest absolute Gasteiger partial charge is 0.352 e. The lowest BCUT2D eigenvalue weighted by atomic mass is 10.1. The molecule has 2 heterocycles. The molecule has 1 aliphatic rings. The number of rotatable bonds is 7.